The predicted molar refractivity (Wildman–Crippen MR) is 60.1 cm³/mol. The Labute approximate surface area is 86.9 Å². The van der Waals surface area contributed by atoms with Crippen LogP contribution < -0.4 is 11.1 Å². The Bertz CT molecular complexity index is 200. The van der Waals surface area contributed by atoms with Gasteiger partial charge in [0.05, 0.1) is 0 Å². The van der Waals surface area contributed by atoms with Crippen LogP contribution in [-0.4, -0.2) is 18.6 Å². The fourth-order valence-electron chi connectivity index (χ4n) is 2.79. The Hall–Kier alpha value is -0.340. The normalized spacial score (nSPS) is 37.6. The second-order valence-corrected chi connectivity index (χ2v) is 4.68. The van der Waals surface area contributed by atoms with Gasteiger partial charge < -0.3 is 11.1 Å². The molecule has 0 saturated heterocycles. The lowest BCUT2D eigenvalue weighted by Crippen LogP contribution is -2.42. The van der Waals surface area contributed by atoms with E-state index in [4.69, 9.17) is 5.73 Å². The molecule has 0 aromatic carbocycles. The number of allylic oxidation sites excluding steroid dienone is 1. The number of hydrogen-bond donors (Lipinski definition) is 2. The first-order valence-corrected chi connectivity index (χ1v) is 6.01. The highest BCUT2D eigenvalue weighted by Gasteiger charge is 2.27. The first-order valence-electron chi connectivity index (χ1n) is 6.01. The summed E-state index contributed by atoms with van der Waals surface area (Å²) in [5.74, 6) is 0.737. The van der Waals surface area contributed by atoms with E-state index in [2.05, 4.69) is 17.5 Å². The van der Waals surface area contributed by atoms with Crippen LogP contribution in [0.3, 0.4) is 0 Å². The maximum atomic E-state index is 5.78. The third kappa shape index (κ3) is 2.37. The van der Waals surface area contributed by atoms with Gasteiger partial charge in [0, 0.05) is 12.1 Å². The summed E-state index contributed by atoms with van der Waals surface area (Å²) >= 11 is 0. The van der Waals surface area contributed by atoms with Gasteiger partial charge in [-0.3, -0.25) is 0 Å². The average Bonchev–Trinajstić information content (AvgIpc) is 2.67. The van der Waals surface area contributed by atoms with E-state index in [-0.39, 0.29) is 0 Å². The van der Waals surface area contributed by atoms with E-state index in [1.165, 1.54) is 38.5 Å². The molecule has 0 aromatic heterocycles. The van der Waals surface area contributed by atoms with Crippen molar-refractivity contribution in [2.45, 2.75) is 50.6 Å². The fraction of sp³-hybridized carbons (Fsp3) is 0.833. The zero-order valence-electron chi connectivity index (χ0n) is 8.91. The number of nitrogens with one attached hydrogen (secondary N) is 1. The second kappa shape index (κ2) is 4.94. The van der Waals surface area contributed by atoms with Crippen molar-refractivity contribution in [3.8, 4) is 0 Å². The molecule has 0 radical (unpaired) electrons. The Morgan fingerprint density at radius 2 is 2.14 bits per heavy atom. The summed E-state index contributed by atoms with van der Waals surface area (Å²) in [6.45, 7) is 0.861. The zero-order valence-corrected chi connectivity index (χ0v) is 8.91. The van der Waals surface area contributed by atoms with Crippen molar-refractivity contribution in [2.75, 3.05) is 6.54 Å². The molecule has 3 atom stereocenters. The fourth-order valence-corrected chi connectivity index (χ4v) is 2.79. The predicted octanol–water partition coefficient (Wildman–Crippen LogP) is 1.81. The summed E-state index contributed by atoms with van der Waals surface area (Å²) in [6.07, 6.45) is 12.4. The molecule has 0 bridgehead atoms. The van der Waals surface area contributed by atoms with E-state index in [1.54, 1.807) is 0 Å². The first-order chi connectivity index (χ1) is 6.90. The van der Waals surface area contributed by atoms with Crippen LogP contribution in [0.4, 0.5) is 0 Å². The Morgan fingerprint density at radius 1 is 1.21 bits per heavy atom. The zero-order chi connectivity index (χ0) is 9.80. The van der Waals surface area contributed by atoms with Gasteiger partial charge in [0.15, 0.2) is 0 Å². The Balaban J connectivity index is 1.81. The van der Waals surface area contributed by atoms with E-state index < -0.39 is 0 Å². The van der Waals surface area contributed by atoms with E-state index >= 15 is 0 Å². The van der Waals surface area contributed by atoms with Gasteiger partial charge in [0.1, 0.15) is 0 Å². The highest BCUT2D eigenvalue weighted by Crippen LogP contribution is 2.26. The van der Waals surface area contributed by atoms with Crippen molar-refractivity contribution in [3.05, 3.63) is 12.2 Å². The standard InChI is InChI=1S/C12H22N2/c13-9-10-5-4-8-12(10)14-11-6-2-1-3-7-11/h1-2,10-12,14H,3-9,13H2. The lowest BCUT2D eigenvalue weighted by atomic mass is 9.98. The maximum Gasteiger partial charge on any atom is 0.0110 e. The van der Waals surface area contributed by atoms with Crippen LogP contribution in [0.25, 0.3) is 0 Å². The molecule has 3 unspecified atom stereocenters. The number of rotatable bonds is 3. The van der Waals surface area contributed by atoms with Crippen molar-refractivity contribution in [2.24, 2.45) is 11.7 Å². The van der Waals surface area contributed by atoms with Gasteiger partial charge >= 0.3 is 0 Å². The molecule has 2 rings (SSSR count). The van der Waals surface area contributed by atoms with Crippen LogP contribution in [0.1, 0.15) is 38.5 Å². The number of hydrogen-bond acceptors (Lipinski definition) is 2. The van der Waals surface area contributed by atoms with Gasteiger partial charge in [0.25, 0.3) is 0 Å². The summed E-state index contributed by atoms with van der Waals surface area (Å²) in [4.78, 5) is 0. The highest BCUT2D eigenvalue weighted by atomic mass is 15.0. The topological polar surface area (TPSA) is 38.0 Å². The molecule has 0 amide bonds. The molecule has 2 heteroatoms. The van der Waals surface area contributed by atoms with Crippen molar-refractivity contribution in [3.63, 3.8) is 0 Å². The Morgan fingerprint density at radius 3 is 2.86 bits per heavy atom. The molecule has 80 valence electrons. The molecule has 0 heterocycles. The number of nitrogens with two attached hydrogens (primary N) is 1. The Kier molecular flexibility index (Phi) is 3.60. The van der Waals surface area contributed by atoms with Gasteiger partial charge in [-0.25, -0.2) is 0 Å². The van der Waals surface area contributed by atoms with Gasteiger partial charge in [-0.2, -0.15) is 0 Å². The van der Waals surface area contributed by atoms with Gasteiger partial charge in [-0.05, 0) is 44.6 Å². The summed E-state index contributed by atoms with van der Waals surface area (Å²) < 4.78 is 0. The van der Waals surface area contributed by atoms with E-state index in [0.717, 1.165) is 18.5 Å². The first kappa shape index (κ1) is 10.2. The highest BCUT2D eigenvalue weighted by molar-refractivity contribution is 4.95. The monoisotopic (exact) mass is 194 g/mol. The van der Waals surface area contributed by atoms with E-state index in [0.29, 0.717) is 6.04 Å². The lowest BCUT2D eigenvalue weighted by Gasteiger charge is -2.27. The van der Waals surface area contributed by atoms with Crippen molar-refractivity contribution < 1.29 is 0 Å². The lowest BCUT2D eigenvalue weighted by molar-refractivity contribution is 0.345. The summed E-state index contributed by atoms with van der Waals surface area (Å²) in [7, 11) is 0. The summed E-state index contributed by atoms with van der Waals surface area (Å²) in [5.41, 5.74) is 5.78. The van der Waals surface area contributed by atoms with Crippen molar-refractivity contribution in [1.29, 1.82) is 0 Å². The average molecular weight is 194 g/mol. The largest absolute Gasteiger partial charge is 0.330 e. The minimum Gasteiger partial charge on any atom is -0.330 e. The molecular formula is C12H22N2. The van der Waals surface area contributed by atoms with Crippen LogP contribution in [0.5, 0.6) is 0 Å². The van der Waals surface area contributed by atoms with Crippen molar-refractivity contribution in [1.82, 2.24) is 5.32 Å². The molecule has 2 aliphatic carbocycles. The van der Waals surface area contributed by atoms with Gasteiger partial charge in [-0.15, -0.1) is 0 Å². The molecule has 1 fully saturated rings. The van der Waals surface area contributed by atoms with Crippen LogP contribution in [0, 0.1) is 5.92 Å². The maximum absolute atomic E-state index is 5.78. The van der Waals surface area contributed by atoms with Crippen LogP contribution in [0.2, 0.25) is 0 Å². The van der Waals surface area contributed by atoms with E-state index in [1.807, 2.05) is 0 Å². The van der Waals surface area contributed by atoms with Gasteiger partial charge in [0.2, 0.25) is 0 Å². The quantitative estimate of drug-likeness (QED) is 0.672. The van der Waals surface area contributed by atoms with Crippen LogP contribution >= 0.6 is 0 Å². The molecule has 0 aromatic rings. The summed E-state index contributed by atoms with van der Waals surface area (Å²) in [5, 5.41) is 3.79. The van der Waals surface area contributed by atoms with Crippen LogP contribution in [0.15, 0.2) is 12.2 Å². The van der Waals surface area contributed by atoms with Crippen LogP contribution in [-0.2, 0) is 0 Å². The molecule has 3 N–H and O–H groups in total. The molecular weight excluding hydrogens is 172 g/mol. The smallest absolute Gasteiger partial charge is 0.0110 e. The molecule has 1 saturated carbocycles. The SMILES string of the molecule is NCC1CCCC1NC1CC=CCC1. The summed E-state index contributed by atoms with van der Waals surface area (Å²) in [6, 6.07) is 1.42. The van der Waals surface area contributed by atoms with E-state index in [9.17, 15) is 0 Å². The molecule has 14 heavy (non-hydrogen) atoms. The van der Waals surface area contributed by atoms with Crippen molar-refractivity contribution >= 4 is 0 Å². The molecule has 0 aliphatic heterocycles. The molecule has 0 spiro atoms. The second-order valence-electron chi connectivity index (χ2n) is 4.68. The minimum atomic E-state index is 0.705. The van der Waals surface area contributed by atoms with Gasteiger partial charge in [-0.1, -0.05) is 18.6 Å². The third-order valence-corrected chi connectivity index (χ3v) is 3.68. The minimum absolute atomic E-state index is 0.705. The third-order valence-electron chi connectivity index (χ3n) is 3.68. The molecule has 2 nitrogen and oxygen atoms in total. The molecule has 2 aliphatic rings.